The lowest BCUT2D eigenvalue weighted by Crippen LogP contribution is -2.05. The zero-order valence-electron chi connectivity index (χ0n) is 10.7. The average molecular weight is 240 g/mol. The minimum Gasteiger partial charge on any atom is -0.294 e. The van der Waals surface area contributed by atoms with Crippen molar-refractivity contribution in [2.75, 3.05) is 0 Å². The van der Waals surface area contributed by atoms with Gasteiger partial charge < -0.3 is 0 Å². The number of hydrogen-bond donors (Lipinski definition) is 0. The molecule has 0 N–H and O–H groups in total. The lowest BCUT2D eigenvalue weighted by atomic mass is 10.1. The number of benzene rings is 1. The van der Waals surface area contributed by atoms with Crippen molar-refractivity contribution >= 4 is 5.78 Å². The molecule has 0 aliphatic carbocycles. The highest BCUT2D eigenvalue weighted by Gasteiger charge is 2.07. The van der Waals surface area contributed by atoms with Gasteiger partial charge in [0.2, 0.25) is 0 Å². The van der Waals surface area contributed by atoms with E-state index in [1.54, 1.807) is 6.20 Å². The number of aryl methyl sites for hydroxylation is 3. The maximum absolute atomic E-state index is 11.3. The molecule has 2 aromatic rings. The van der Waals surface area contributed by atoms with E-state index in [0.29, 0.717) is 5.56 Å². The van der Waals surface area contributed by atoms with Crippen molar-refractivity contribution in [3.05, 3.63) is 59.2 Å². The van der Waals surface area contributed by atoms with Gasteiger partial charge in [0.15, 0.2) is 5.78 Å². The Morgan fingerprint density at radius 3 is 2.50 bits per heavy atom. The smallest absolute Gasteiger partial charge is 0.163 e. The van der Waals surface area contributed by atoms with Crippen molar-refractivity contribution in [2.24, 2.45) is 0 Å². The molecule has 0 aliphatic rings. The quantitative estimate of drug-likeness (QED) is 0.772. The third-order valence-electron chi connectivity index (χ3n) is 2.89. The Labute approximate surface area is 107 Å². The van der Waals surface area contributed by atoms with Gasteiger partial charge in [-0.15, -0.1) is 0 Å². The van der Waals surface area contributed by atoms with Crippen LogP contribution in [0.15, 0.2) is 36.5 Å². The van der Waals surface area contributed by atoms with Crippen molar-refractivity contribution < 1.29 is 4.79 Å². The van der Waals surface area contributed by atoms with Crippen LogP contribution in [0.3, 0.4) is 0 Å². The first-order chi connectivity index (χ1) is 8.66. The van der Waals surface area contributed by atoms with Crippen LogP contribution in [0.4, 0.5) is 0 Å². The van der Waals surface area contributed by atoms with Gasteiger partial charge in [0.05, 0.1) is 11.3 Å². The van der Waals surface area contributed by atoms with E-state index >= 15 is 0 Å². The van der Waals surface area contributed by atoms with Gasteiger partial charge in [0.1, 0.15) is 5.82 Å². The summed E-state index contributed by atoms with van der Waals surface area (Å²) in [4.78, 5) is 19.9. The van der Waals surface area contributed by atoms with E-state index < -0.39 is 0 Å². The fourth-order valence-corrected chi connectivity index (χ4v) is 1.88. The highest BCUT2D eigenvalue weighted by atomic mass is 16.1. The summed E-state index contributed by atoms with van der Waals surface area (Å²) in [5.74, 6) is 0.809. The predicted octanol–water partition coefficient (Wildman–Crippen LogP) is 2.77. The molecule has 0 fully saturated rings. The Morgan fingerprint density at radius 1 is 1.17 bits per heavy atom. The summed E-state index contributed by atoms with van der Waals surface area (Å²) < 4.78 is 0. The molecule has 1 heterocycles. The van der Waals surface area contributed by atoms with Crippen molar-refractivity contribution in [1.29, 1.82) is 0 Å². The van der Waals surface area contributed by atoms with E-state index in [-0.39, 0.29) is 5.78 Å². The molecule has 0 spiro atoms. The Kier molecular flexibility index (Phi) is 3.82. The normalized spacial score (nSPS) is 10.3. The first-order valence-corrected chi connectivity index (χ1v) is 6.04. The summed E-state index contributed by atoms with van der Waals surface area (Å²) in [7, 11) is 0. The number of nitrogens with zero attached hydrogens (tertiary/aromatic N) is 2. The second kappa shape index (κ2) is 5.54. The molecule has 1 aromatic heterocycles. The van der Waals surface area contributed by atoms with Crippen LogP contribution in [0.5, 0.6) is 0 Å². The van der Waals surface area contributed by atoms with Crippen molar-refractivity contribution in [3.63, 3.8) is 0 Å². The van der Waals surface area contributed by atoms with Crippen LogP contribution >= 0.6 is 0 Å². The second-order valence-electron chi connectivity index (χ2n) is 4.33. The molecule has 18 heavy (non-hydrogen) atoms. The van der Waals surface area contributed by atoms with Gasteiger partial charge >= 0.3 is 0 Å². The number of ketones is 1. The average Bonchev–Trinajstić information content (AvgIpc) is 2.37. The zero-order chi connectivity index (χ0) is 13.0. The van der Waals surface area contributed by atoms with Gasteiger partial charge in [-0.1, -0.05) is 30.3 Å². The highest BCUT2D eigenvalue weighted by Crippen LogP contribution is 2.08. The first-order valence-electron chi connectivity index (χ1n) is 6.04. The monoisotopic (exact) mass is 240 g/mol. The maximum Gasteiger partial charge on any atom is 0.163 e. The van der Waals surface area contributed by atoms with Crippen LogP contribution in [0.2, 0.25) is 0 Å². The van der Waals surface area contributed by atoms with E-state index in [0.717, 1.165) is 24.4 Å². The summed E-state index contributed by atoms with van der Waals surface area (Å²) >= 11 is 0. The molecule has 0 saturated heterocycles. The van der Waals surface area contributed by atoms with Crippen LogP contribution in [0.25, 0.3) is 0 Å². The molecule has 2 rings (SSSR count). The van der Waals surface area contributed by atoms with E-state index in [1.165, 1.54) is 12.5 Å². The molecule has 0 unspecified atom stereocenters. The second-order valence-corrected chi connectivity index (χ2v) is 4.33. The number of Topliss-reactive ketones (excluding diaryl/α,β-unsaturated/α-hetero) is 1. The highest BCUT2D eigenvalue weighted by molar-refractivity contribution is 5.94. The molecular weight excluding hydrogens is 224 g/mol. The molecule has 92 valence electrons. The Morgan fingerprint density at radius 2 is 1.89 bits per heavy atom. The minimum atomic E-state index is 0.0158. The molecule has 0 radical (unpaired) electrons. The molecular formula is C15H16N2O. The minimum absolute atomic E-state index is 0.0158. The third-order valence-corrected chi connectivity index (χ3v) is 2.89. The van der Waals surface area contributed by atoms with Gasteiger partial charge in [-0.05, 0) is 25.8 Å². The molecule has 1 aromatic carbocycles. The zero-order valence-corrected chi connectivity index (χ0v) is 10.7. The summed E-state index contributed by atoms with van der Waals surface area (Å²) in [5, 5.41) is 0. The lowest BCUT2D eigenvalue weighted by Gasteiger charge is -2.04. The lowest BCUT2D eigenvalue weighted by molar-refractivity contribution is 0.101. The Bertz CT molecular complexity index is 550. The van der Waals surface area contributed by atoms with E-state index in [4.69, 9.17) is 0 Å². The van der Waals surface area contributed by atoms with Gasteiger partial charge in [-0.25, -0.2) is 9.97 Å². The van der Waals surface area contributed by atoms with Crippen LogP contribution in [-0.4, -0.2) is 15.8 Å². The van der Waals surface area contributed by atoms with Crippen molar-refractivity contribution in [3.8, 4) is 0 Å². The molecule has 0 atom stereocenters. The van der Waals surface area contributed by atoms with Gasteiger partial charge in [0, 0.05) is 12.6 Å². The molecule has 0 saturated carbocycles. The number of carbonyl (C=O) groups is 1. The molecule has 3 nitrogen and oxygen atoms in total. The summed E-state index contributed by atoms with van der Waals surface area (Å²) in [6.45, 7) is 3.39. The Balaban J connectivity index is 2.07. The van der Waals surface area contributed by atoms with Crippen molar-refractivity contribution in [2.45, 2.75) is 26.7 Å². The van der Waals surface area contributed by atoms with E-state index in [2.05, 4.69) is 22.1 Å². The van der Waals surface area contributed by atoms with Crippen LogP contribution in [0, 0.1) is 6.92 Å². The fourth-order valence-electron chi connectivity index (χ4n) is 1.88. The number of hydrogen-bond acceptors (Lipinski definition) is 3. The standard InChI is InChI=1S/C15H16N2O/c1-11-14(12(2)18)10-16-15(17-11)9-8-13-6-4-3-5-7-13/h3-7,10H,8-9H2,1-2H3. The van der Waals surface area contributed by atoms with Gasteiger partial charge in [-0.2, -0.15) is 0 Å². The first kappa shape index (κ1) is 12.4. The SMILES string of the molecule is CC(=O)c1cnc(CCc2ccccc2)nc1C. The Hall–Kier alpha value is -2.03. The van der Waals surface area contributed by atoms with Crippen LogP contribution < -0.4 is 0 Å². The van der Waals surface area contributed by atoms with Crippen LogP contribution in [-0.2, 0) is 12.8 Å². The number of carbonyl (C=O) groups excluding carboxylic acids is 1. The van der Waals surface area contributed by atoms with E-state index in [1.807, 2.05) is 25.1 Å². The summed E-state index contributed by atoms with van der Waals surface area (Å²) in [6.07, 6.45) is 3.34. The molecule has 0 amide bonds. The van der Waals surface area contributed by atoms with Gasteiger partial charge in [0.25, 0.3) is 0 Å². The number of rotatable bonds is 4. The van der Waals surface area contributed by atoms with Crippen molar-refractivity contribution in [1.82, 2.24) is 9.97 Å². The largest absolute Gasteiger partial charge is 0.294 e. The summed E-state index contributed by atoms with van der Waals surface area (Å²) in [6, 6.07) is 10.2. The third kappa shape index (κ3) is 3.00. The fraction of sp³-hybridized carbons (Fsp3) is 0.267. The number of aromatic nitrogens is 2. The summed E-state index contributed by atoms with van der Waals surface area (Å²) in [5.41, 5.74) is 2.65. The van der Waals surface area contributed by atoms with E-state index in [9.17, 15) is 4.79 Å². The maximum atomic E-state index is 11.3. The van der Waals surface area contributed by atoms with Crippen LogP contribution in [0.1, 0.15) is 34.4 Å². The molecule has 0 aliphatic heterocycles. The van der Waals surface area contributed by atoms with Gasteiger partial charge in [-0.3, -0.25) is 4.79 Å². The molecule has 3 heteroatoms. The predicted molar refractivity (Wildman–Crippen MR) is 70.6 cm³/mol. The molecule has 0 bridgehead atoms. The topological polar surface area (TPSA) is 42.9 Å².